The Kier molecular flexibility index (Phi) is 5.39. The van der Waals surface area contributed by atoms with E-state index in [-0.39, 0.29) is 21.5 Å². The number of carbonyl (C=O) groups excluding carboxylic acids is 1. The van der Waals surface area contributed by atoms with Crippen LogP contribution in [-0.2, 0) is 4.79 Å². The first-order chi connectivity index (χ1) is 7.91. The zero-order valence-corrected chi connectivity index (χ0v) is 10.6. The van der Waals surface area contributed by atoms with Crippen molar-refractivity contribution in [3.63, 3.8) is 0 Å². The maximum absolute atomic E-state index is 13.4. The Morgan fingerprint density at radius 3 is 2.76 bits per heavy atom. The molecule has 0 aromatic heterocycles. The molecular formula is C11H12ClFO3S. The molecule has 0 bridgehead atoms. The third-order valence-corrected chi connectivity index (χ3v) is 3.25. The van der Waals surface area contributed by atoms with Crippen LogP contribution in [0.15, 0.2) is 18.2 Å². The maximum atomic E-state index is 13.4. The van der Waals surface area contributed by atoms with Crippen LogP contribution in [0.4, 0.5) is 4.39 Å². The van der Waals surface area contributed by atoms with Gasteiger partial charge >= 0.3 is 0 Å². The number of thioether (sulfide) groups is 1. The second-order valence-electron chi connectivity index (χ2n) is 3.48. The van der Waals surface area contributed by atoms with Crippen LogP contribution >= 0.6 is 23.4 Å². The molecule has 0 radical (unpaired) electrons. The molecule has 2 N–H and O–H groups in total. The van der Waals surface area contributed by atoms with Crippen LogP contribution in [0.5, 0.6) is 0 Å². The molecule has 1 rings (SSSR count). The van der Waals surface area contributed by atoms with Crippen molar-refractivity contribution in [3.05, 3.63) is 34.6 Å². The largest absolute Gasteiger partial charge is 0.389 e. The summed E-state index contributed by atoms with van der Waals surface area (Å²) in [5.41, 5.74) is -0.0749. The van der Waals surface area contributed by atoms with Crippen LogP contribution in [-0.4, -0.2) is 27.2 Å². The molecule has 6 heteroatoms. The number of rotatable bonds is 4. The van der Waals surface area contributed by atoms with E-state index < -0.39 is 18.0 Å². The van der Waals surface area contributed by atoms with Crippen molar-refractivity contribution >= 4 is 28.5 Å². The Morgan fingerprint density at radius 2 is 2.18 bits per heavy atom. The SMILES string of the molecule is CC(=O)SCC(O)C(O)c1cc(Cl)ccc1F. The van der Waals surface area contributed by atoms with E-state index in [2.05, 4.69) is 0 Å². The molecule has 0 amide bonds. The van der Waals surface area contributed by atoms with Crippen molar-refractivity contribution in [3.8, 4) is 0 Å². The summed E-state index contributed by atoms with van der Waals surface area (Å²) in [6.07, 6.45) is -2.63. The van der Waals surface area contributed by atoms with Gasteiger partial charge in [0.05, 0.1) is 6.10 Å². The smallest absolute Gasteiger partial charge is 0.185 e. The zero-order chi connectivity index (χ0) is 13.0. The van der Waals surface area contributed by atoms with E-state index in [4.69, 9.17) is 11.6 Å². The molecule has 0 saturated heterocycles. The Labute approximate surface area is 108 Å². The molecule has 0 aliphatic carbocycles. The lowest BCUT2D eigenvalue weighted by atomic mass is 10.1. The molecule has 0 fully saturated rings. The first-order valence-corrected chi connectivity index (χ1v) is 6.22. The van der Waals surface area contributed by atoms with E-state index in [1.165, 1.54) is 19.1 Å². The van der Waals surface area contributed by atoms with Crippen molar-refractivity contribution < 1.29 is 19.4 Å². The highest BCUT2D eigenvalue weighted by atomic mass is 35.5. The predicted octanol–water partition coefficient (Wildman–Crippen LogP) is 2.15. The van der Waals surface area contributed by atoms with E-state index in [1.807, 2.05) is 0 Å². The standard InChI is InChI=1S/C11H12ClFO3S/c1-6(14)17-5-10(15)11(16)8-4-7(12)2-3-9(8)13/h2-4,10-11,15-16H,5H2,1H3. The fraction of sp³-hybridized carbons (Fsp3) is 0.364. The Morgan fingerprint density at radius 1 is 1.53 bits per heavy atom. The minimum atomic E-state index is -1.40. The maximum Gasteiger partial charge on any atom is 0.185 e. The summed E-state index contributed by atoms with van der Waals surface area (Å²) in [4.78, 5) is 10.7. The summed E-state index contributed by atoms with van der Waals surface area (Å²) in [5.74, 6) is -0.642. The number of halogens is 2. The van der Waals surface area contributed by atoms with Gasteiger partial charge in [0.2, 0.25) is 0 Å². The molecule has 1 aromatic carbocycles. The highest BCUT2D eigenvalue weighted by Crippen LogP contribution is 2.25. The second kappa shape index (κ2) is 6.35. The molecule has 2 unspecified atom stereocenters. The number of aliphatic hydroxyl groups excluding tert-OH is 2. The van der Waals surface area contributed by atoms with Gasteiger partial charge in [0, 0.05) is 23.3 Å². The fourth-order valence-electron chi connectivity index (χ4n) is 1.24. The molecule has 0 heterocycles. The first kappa shape index (κ1) is 14.4. The molecule has 0 aliphatic heterocycles. The zero-order valence-electron chi connectivity index (χ0n) is 9.06. The third-order valence-electron chi connectivity index (χ3n) is 2.10. The third kappa shape index (κ3) is 4.27. The molecule has 94 valence electrons. The van der Waals surface area contributed by atoms with Gasteiger partial charge in [-0.25, -0.2) is 4.39 Å². The van der Waals surface area contributed by atoms with Crippen molar-refractivity contribution in [1.82, 2.24) is 0 Å². The minimum Gasteiger partial charge on any atom is -0.389 e. The first-order valence-electron chi connectivity index (χ1n) is 4.86. The molecule has 17 heavy (non-hydrogen) atoms. The van der Waals surface area contributed by atoms with Gasteiger partial charge in [-0.3, -0.25) is 4.79 Å². The molecule has 3 nitrogen and oxygen atoms in total. The van der Waals surface area contributed by atoms with Crippen LogP contribution in [0.25, 0.3) is 0 Å². The number of carbonyl (C=O) groups is 1. The monoisotopic (exact) mass is 278 g/mol. The Hall–Kier alpha value is -0.620. The fourth-order valence-corrected chi connectivity index (χ4v) is 2.01. The highest BCUT2D eigenvalue weighted by molar-refractivity contribution is 8.13. The summed E-state index contributed by atoms with van der Waals surface area (Å²) in [5, 5.41) is 19.4. The summed E-state index contributed by atoms with van der Waals surface area (Å²) >= 11 is 6.54. The van der Waals surface area contributed by atoms with Gasteiger partial charge in [0.1, 0.15) is 11.9 Å². The topological polar surface area (TPSA) is 57.5 Å². The summed E-state index contributed by atoms with van der Waals surface area (Å²) in [6.45, 7) is 1.35. The quantitative estimate of drug-likeness (QED) is 0.886. The molecule has 0 saturated carbocycles. The van der Waals surface area contributed by atoms with E-state index in [9.17, 15) is 19.4 Å². The van der Waals surface area contributed by atoms with Crippen LogP contribution in [0.2, 0.25) is 5.02 Å². The number of benzene rings is 1. The lowest BCUT2D eigenvalue weighted by Crippen LogP contribution is -2.22. The van der Waals surface area contributed by atoms with Crippen molar-refractivity contribution in [2.24, 2.45) is 0 Å². The summed E-state index contributed by atoms with van der Waals surface area (Å²) < 4.78 is 13.4. The lowest BCUT2D eigenvalue weighted by molar-refractivity contribution is -0.109. The summed E-state index contributed by atoms with van der Waals surface area (Å²) in [7, 11) is 0. The van der Waals surface area contributed by atoms with Gasteiger partial charge < -0.3 is 10.2 Å². The van der Waals surface area contributed by atoms with E-state index in [0.717, 1.165) is 17.8 Å². The molecule has 0 aliphatic rings. The molecular weight excluding hydrogens is 267 g/mol. The van der Waals surface area contributed by atoms with Gasteiger partial charge in [-0.05, 0) is 18.2 Å². The van der Waals surface area contributed by atoms with Crippen molar-refractivity contribution in [2.45, 2.75) is 19.1 Å². The summed E-state index contributed by atoms with van der Waals surface area (Å²) in [6, 6.07) is 3.72. The van der Waals surface area contributed by atoms with E-state index >= 15 is 0 Å². The van der Waals surface area contributed by atoms with Crippen LogP contribution < -0.4 is 0 Å². The van der Waals surface area contributed by atoms with Crippen molar-refractivity contribution in [2.75, 3.05) is 5.75 Å². The van der Waals surface area contributed by atoms with Crippen molar-refractivity contribution in [1.29, 1.82) is 0 Å². The van der Waals surface area contributed by atoms with Crippen LogP contribution in [0.1, 0.15) is 18.6 Å². The van der Waals surface area contributed by atoms with Crippen LogP contribution in [0, 0.1) is 5.82 Å². The Bertz CT molecular complexity index is 414. The van der Waals surface area contributed by atoms with E-state index in [0.29, 0.717) is 0 Å². The lowest BCUT2D eigenvalue weighted by Gasteiger charge is -2.18. The number of hydrogen-bond donors (Lipinski definition) is 2. The van der Waals surface area contributed by atoms with Gasteiger partial charge in [-0.2, -0.15) is 0 Å². The second-order valence-corrected chi connectivity index (χ2v) is 5.11. The minimum absolute atomic E-state index is 0.00243. The average molecular weight is 279 g/mol. The van der Waals surface area contributed by atoms with E-state index in [1.54, 1.807) is 0 Å². The number of hydrogen-bond acceptors (Lipinski definition) is 4. The van der Waals surface area contributed by atoms with Gasteiger partial charge in [0.25, 0.3) is 0 Å². The molecule has 0 spiro atoms. The highest BCUT2D eigenvalue weighted by Gasteiger charge is 2.22. The normalized spacial score (nSPS) is 14.4. The van der Waals surface area contributed by atoms with Gasteiger partial charge in [-0.1, -0.05) is 23.4 Å². The Balaban J connectivity index is 2.77. The number of aliphatic hydroxyl groups is 2. The predicted molar refractivity (Wildman–Crippen MR) is 65.5 cm³/mol. The average Bonchev–Trinajstić information content (AvgIpc) is 2.28. The van der Waals surface area contributed by atoms with Gasteiger partial charge in [-0.15, -0.1) is 0 Å². The molecule has 2 atom stereocenters. The van der Waals surface area contributed by atoms with Crippen LogP contribution in [0.3, 0.4) is 0 Å². The molecule has 1 aromatic rings. The van der Waals surface area contributed by atoms with Gasteiger partial charge in [0.15, 0.2) is 5.12 Å².